The fourth-order valence-electron chi connectivity index (χ4n) is 2.74. The van der Waals surface area contributed by atoms with Gasteiger partial charge < -0.3 is 19.7 Å². The van der Waals surface area contributed by atoms with Gasteiger partial charge in [-0.3, -0.25) is 10.1 Å². The number of rotatable bonds is 3. The number of aromatic hydroxyl groups is 1. The molecular weight excluding hydrogens is 314 g/mol. The van der Waals surface area contributed by atoms with Crippen LogP contribution in [0.15, 0.2) is 18.2 Å². The van der Waals surface area contributed by atoms with Gasteiger partial charge in [0.2, 0.25) is 0 Å². The molecule has 0 aliphatic carbocycles. The van der Waals surface area contributed by atoms with Crippen LogP contribution < -0.4 is 5.32 Å². The quantitative estimate of drug-likeness (QED) is 0.733. The van der Waals surface area contributed by atoms with E-state index in [1.165, 1.54) is 18.2 Å². The highest BCUT2D eigenvalue weighted by Gasteiger charge is 2.43. The Hall–Kier alpha value is -2.28. The molecule has 3 N–H and O–H groups in total. The summed E-state index contributed by atoms with van der Waals surface area (Å²) in [5.74, 6) is -1.13. The third kappa shape index (κ3) is 3.97. The van der Waals surface area contributed by atoms with Crippen LogP contribution in [0.1, 0.15) is 39.2 Å². The van der Waals surface area contributed by atoms with Crippen LogP contribution in [-0.4, -0.2) is 41.1 Å². The molecule has 0 saturated carbocycles. The van der Waals surface area contributed by atoms with Crippen LogP contribution in [0.3, 0.4) is 0 Å². The maximum atomic E-state index is 11.9. The van der Waals surface area contributed by atoms with Crippen molar-refractivity contribution < 1.29 is 29.3 Å². The SMILES string of the molecule is CC(C)(C)OC(=O)Nc1ccc(O)c(C2(C(=O)O)CCOCC2)c1. The molecule has 1 saturated heterocycles. The molecule has 1 amide bonds. The van der Waals surface area contributed by atoms with E-state index in [2.05, 4.69) is 5.32 Å². The van der Waals surface area contributed by atoms with E-state index in [-0.39, 0.29) is 24.2 Å². The number of benzene rings is 1. The third-order valence-corrected chi connectivity index (χ3v) is 3.91. The molecular formula is C17H23NO6. The van der Waals surface area contributed by atoms with Gasteiger partial charge in [0.05, 0.1) is 0 Å². The first kappa shape index (κ1) is 18.1. The van der Waals surface area contributed by atoms with Crippen molar-refractivity contribution >= 4 is 17.7 Å². The minimum atomic E-state index is -1.23. The smallest absolute Gasteiger partial charge is 0.412 e. The number of hydrogen-bond donors (Lipinski definition) is 3. The van der Waals surface area contributed by atoms with Crippen molar-refractivity contribution in [2.24, 2.45) is 0 Å². The number of nitrogens with one attached hydrogen (secondary N) is 1. The zero-order chi connectivity index (χ0) is 18.0. The second-order valence-corrected chi connectivity index (χ2v) is 6.86. The minimum absolute atomic E-state index is 0.117. The van der Waals surface area contributed by atoms with Crippen molar-refractivity contribution in [3.05, 3.63) is 23.8 Å². The summed E-state index contributed by atoms with van der Waals surface area (Å²) in [5.41, 5.74) is -1.24. The summed E-state index contributed by atoms with van der Waals surface area (Å²) in [4.78, 5) is 23.8. The Labute approximate surface area is 140 Å². The van der Waals surface area contributed by atoms with Crippen LogP contribution in [-0.2, 0) is 19.7 Å². The molecule has 7 nitrogen and oxygen atoms in total. The number of phenols is 1. The number of phenolic OH excluding ortho intramolecular Hbond substituents is 1. The van der Waals surface area contributed by atoms with E-state index < -0.39 is 23.1 Å². The predicted molar refractivity (Wildman–Crippen MR) is 87.3 cm³/mol. The molecule has 1 aromatic rings. The highest BCUT2D eigenvalue weighted by molar-refractivity contribution is 5.87. The van der Waals surface area contributed by atoms with Crippen LogP contribution in [0.25, 0.3) is 0 Å². The number of carboxylic acid groups (broad SMARTS) is 1. The molecule has 0 bridgehead atoms. The Morgan fingerprint density at radius 2 is 1.88 bits per heavy atom. The summed E-state index contributed by atoms with van der Waals surface area (Å²) < 4.78 is 10.4. The average molecular weight is 337 g/mol. The molecule has 1 fully saturated rings. The lowest BCUT2D eigenvalue weighted by atomic mass is 9.73. The highest BCUT2D eigenvalue weighted by atomic mass is 16.6. The van der Waals surface area contributed by atoms with Gasteiger partial charge in [0.25, 0.3) is 0 Å². The van der Waals surface area contributed by atoms with Crippen LogP contribution in [0.4, 0.5) is 10.5 Å². The van der Waals surface area contributed by atoms with Gasteiger partial charge in [-0.25, -0.2) is 4.79 Å². The molecule has 7 heteroatoms. The molecule has 0 radical (unpaired) electrons. The maximum absolute atomic E-state index is 11.9. The van der Waals surface area contributed by atoms with Crippen molar-refractivity contribution in [1.29, 1.82) is 0 Å². The van der Waals surface area contributed by atoms with Crippen LogP contribution in [0.2, 0.25) is 0 Å². The molecule has 1 heterocycles. The maximum Gasteiger partial charge on any atom is 0.412 e. The number of hydrogen-bond acceptors (Lipinski definition) is 5. The van der Waals surface area contributed by atoms with E-state index >= 15 is 0 Å². The molecule has 132 valence electrons. The minimum Gasteiger partial charge on any atom is -0.508 e. The summed E-state index contributed by atoms with van der Waals surface area (Å²) in [5, 5.41) is 22.5. The number of carbonyl (C=O) groups is 2. The number of carbonyl (C=O) groups excluding carboxylic acids is 1. The molecule has 1 aromatic carbocycles. The topological polar surface area (TPSA) is 105 Å². The molecule has 1 aliphatic heterocycles. The molecule has 0 spiro atoms. The predicted octanol–water partition coefficient (Wildman–Crippen LogP) is 2.87. The first-order valence-electron chi connectivity index (χ1n) is 7.79. The first-order valence-corrected chi connectivity index (χ1v) is 7.79. The van der Waals surface area contributed by atoms with E-state index in [1.54, 1.807) is 20.8 Å². The van der Waals surface area contributed by atoms with E-state index in [1.807, 2.05) is 0 Å². The fourth-order valence-corrected chi connectivity index (χ4v) is 2.74. The Balaban J connectivity index is 2.31. The van der Waals surface area contributed by atoms with Gasteiger partial charge in [0.1, 0.15) is 16.8 Å². The highest BCUT2D eigenvalue weighted by Crippen LogP contribution is 2.41. The fraction of sp³-hybridized carbons (Fsp3) is 0.529. The van der Waals surface area contributed by atoms with Gasteiger partial charge >= 0.3 is 12.1 Å². The molecule has 0 aromatic heterocycles. The van der Waals surface area contributed by atoms with Crippen LogP contribution >= 0.6 is 0 Å². The Bertz CT molecular complexity index is 628. The third-order valence-electron chi connectivity index (χ3n) is 3.91. The van der Waals surface area contributed by atoms with Gasteiger partial charge in [-0.05, 0) is 51.8 Å². The van der Waals surface area contributed by atoms with Crippen molar-refractivity contribution in [1.82, 2.24) is 0 Å². The molecule has 2 rings (SSSR count). The summed E-state index contributed by atoms with van der Waals surface area (Å²) >= 11 is 0. The largest absolute Gasteiger partial charge is 0.508 e. The summed E-state index contributed by atoms with van der Waals surface area (Å²) in [6.45, 7) is 5.84. The van der Waals surface area contributed by atoms with Gasteiger partial charge in [-0.1, -0.05) is 0 Å². The Morgan fingerprint density at radius 1 is 1.25 bits per heavy atom. The van der Waals surface area contributed by atoms with Crippen molar-refractivity contribution in [3.63, 3.8) is 0 Å². The van der Waals surface area contributed by atoms with Gasteiger partial charge in [-0.15, -0.1) is 0 Å². The molecule has 24 heavy (non-hydrogen) atoms. The summed E-state index contributed by atoms with van der Waals surface area (Å²) in [6.07, 6.45) is -0.132. The van der Waals surface area contributed by atoms with Crippen LogP contribution in [0, 0.1) is 0 Å². The molecule has 0 atom stereocenters. The van der Waals surface area contributed by atoms with Gasteiger partial charge in [0, 0.05) is 24.5 Å². The van der Waals surface area contributed by atoms with Crippen molar-refractivity contribution in [2.75, 3.05) is 18.5 Å². The van der Waals surface area contributed by atoms with Crippen molar-refractivity contribution in [3.8, 4) is 5.75 Å². The second-order valence-electron chi connectivity index (χ2n) is 6.86. The summed E-state index contributed by atoms with van der Waals surface area (Å²) in [7, 11) is 0. The zero-order valence-corrected chi connectivity index (χ0v) is 14.1. The second kappa shape index (κ2) is 6.68. The zero-order valence-electron chi connectivity index (χ0n) is 14.1. The lowest BCUT2D eigenvalue weighted by molar-refractivity contribution is -0.147. The van der Waals surface area contributed by atoms with E-state index in [4.69, 9.17) is 9.47 Å². The molecule has 1 aliphatic rings. The standard InChI is InChI=1S/C17H23NO6/c1-16(2,3)24-15(22)18-11-4-5-13(19)12(10-11)17(14(20)21)6-8-23-9-7-17/h4-5,10,19H,6-9H2,1-3H3,(H,18,22)(H,20,21). The Morgan fingerprint density at radius 3 is 2.42 bits per heavy atom. The number of anilines is 1. The van der Waals surface area contributed by atoms with E-state index in [9.17, 15) is 19.8 Å². The van der Waals surface area contributed by atoms with Crippen LogP contribution in [0.5, 0.6) is 5.75 Å². The van der Waals surface area contributed by atoms with E-state index in [0.29, 0.717) is 18.9 Å². The average Bonchev–Trinajstić information content (AvgIpc) is 2.48. The van der Waals surface area contributed by atoms with Crippen molar-refractivity contribution in [2.45, 2.75) is 44.6 Å². The lowest BCUT2D eigenvalue weighted by Crippen LogP contribution is -2.41. The van der Waals surface area contributed by atoms with Gasteiger partial charge in [0.15, 0.2) is 0 Å². The normalized spacial score (nSPS) is 17.1. The summed E-state index contributed by atoms with van der Waals surface area (Å²) in [6, 6.07) is 4.36. The number of amides is 1. The van der Waals surface area contributed by atoms with E-state index in [0.717, 1.165) is 0 Å². The molecule has 0 unspecified atom stereocenters. The monoisotopic (exact) mass is 337 g/mol. The number of ether oxygens (including phenoxy) is 2. The van der Waals surface area contributed by atoms with Gasteiger partial charge in [-0.2, -0.15) is 0 Å². The number of carboxylic acids is 1. The first-order chi connectivity index (χ1) is 11.1. The lowest BCUT2D eigenvalue weighted by Gasteiger charge is -2.34. The number of aliphatic carboxylic acids is 1. The Kier molecular flexibility index (Phi) is 5.03.